The molecule has 0 aromatic heterocycles. The molecule has 0 radical (unpaired) electrons. The Morgan fingerprint density at radius 3 is 2.33 bits per heavy atom. The van der Waals surface area contributed by atoms with Gasteiger partial charge in [0.2, 0.25) is 0 Å². The van der Waals surface area contributed by atoms with Gasteiger partial charge in [-0.2, -0.15) is 0 Å². The summed E-state index contributed by atoms with van der Waals surface area (Å²) < 4.78 is 5.48. The smallest absolute Gasteiger partial charge is 0.309 e. The van der Waals surface area contributed by atoms with Crippen LogP contribution in [0.2, 0.25) is 0 Å². The second-order valence-electron chi connectivity index (χ2n) is 5.34. The van der Waals surface area contributed by atoms with Crippen molar-refractivity contribution >= 4 is 5.97 Å². The zero-order valence-electron chi connectivity index (χ0n) is 9.08. The van der Waals surface area contributed by atoms with E-state index in [0.717, 1.165) is 50.6 Å². The lowest BCUT2D eigenvalue weighted by molar-refractivity contribution is -0.158. The molecule has 1 N–H and O–H groups in total. The quantitative estimate of drug-likeness (QED) is 0.697. The number of rotatable bonds is 2. The number of ether oxygens (including phenoxy) is 1. The van der Waals surface area contributed by atoms with Crippen LogP contribution in [0, 0.1) is 17.8 Å². The summed E-state index contributed by atoms with van der Waals surface area (Å²) in [5.41, 5.74) is 0. The fourth-order valence-electron chi connectivity index (χ4n) is 3.11. The number of esters is 1. The van der Waals surface area contributed by atoms with Crippen molar-refractivity contribution in [1.29, 1.82) is 0 Å². The molecule has 3 fully saturated rings. The molecule has 0 aromatic carbocycles. The number of hydrogen-bond donors (Lipinski definition) is 1. The van der Waals surface area contributed by atoms with Gasteiger partial charge in [0.05, 0.1) is 5.92 Å². The lowest BCUT2D eigenvalue weighted by Crippen LogP contribution is -2.28. The van der Waals surface area contributed by atoms with Crippen molar-refractivity contribution in [3.63, 3.8) is 0 Å². The van der Waals surface area contributed by atoms with E-state index < -0.39 is 0 Å². The molecule has 2 unspecified atom stereocenters. The average molecular weight is 209 g/mol. The van der Waals surface area contributed by atoms with Gasteiger partial charge in [0.15, 0.2) is 0 Å². The summed E-state index contributed by atoms with van der Waals surface area (Å²) >= 11 is 0. The summed E-state index contributed by atoms with van der Waals surface area (Å²) in [5, 5.41) is 3.39. The highest BCUT2D eigenvalue weighted by molar-refractivity contribution is 5.73. The van der Waals surface area contributed by atoms with E-state index in [4.69, 9.17) is 4.74 Å². The molecule has 0 bridgehead atoms. The molecular weight excluding hydrogens is 190 g/mol. The lowest BCUT2D eigenvalue weighted by atomic mass is 9.96. The van der Waals surface area contributed by atoms with Gasteiger partial charge in [-0.3, -0.25) is 4.79 Å². The van der Waals surface area contributed by atoms with E-state index in [-0.39, 0.29) is 18.0 Å². The largest absolute Gasteiger partial charge is 0.462 e. The van der Waals surface area contributed by atoms with Crippen LogP contribution in [0.4, 0.5) is 0 Å². The highest BCUT2D eigenvalue weighted by atomic mass is 16.5. The zero-order chi connectivity index (χ0) is 10.3. The van der Waals surface area contributed by atoms with Gasteiger partial charge in [0, 0.05) is 0 Å². The lowest BCUT2D eigenvalue weighted by Gasteiger charge is -2.26. The molecule has 3 heteroatoms. The Balaban J connectivity index is 1.52. The van der Waals surface area contributed by atoms with Crippen molar-refractivity contribution in [3.05, 3.63) is 0 Å². The zero-order valence-corrected chi connectivity index (χ0v) is 9.08. The average Bonchev–Trinajstić information content (AvgIpc) is 2.69. The Bertz CT molecular complexity index is 250. The van der Waals surface area contributed by atoms with E-state index in [2.05, 4.69) is 5.32 Å². The van der Waals surface area contributed by atoms with Gasteiger partial charge in [-0.05, 0) is 57.0 Å². The Morgan fingerprint density at radius 2 is 1.80 bits per heavy atom. The minimum atomic E-state index is 0.0918. The van der Waals surface area contributed by atoms with Crippen molar-refractivity contribution in [2.75, 3.05) is 13.1 Å². The molecule has 3 nitrogen and oxygen atoms in total. The molecular formula is C12H19NO2. The number of fused-ring (bicyclic) bond motifs is 1. The molecule has 0 amide bonds. The highest BCUT2D eigenvalue weighted by Crippen LogP contribution is 2.39. The van der Waals surface area contributed by atoms with Crippen molar-refractivity contribution < 1.29 is 9.53 Å². The predicted molar refractivity (Wildman–Crippen MR) is 56.3 cm³/mol. The molecule has 2 atom stereocenters. The minimum absolute atomic E-state index is 0.0918. The standard InChI is InChI=1S/C12H19NO2/c14-12(15-11-2-1-3-11)8-4-9-6-13-7-10(9)5-8/h8-11,13H,1-7H2. The molecule has 3 aliphatic rings. The van der Waals surface area contributed by atoms with Crippen LogP contribution >= 0.6 is 0 Å². The Kier molecular flexibility index (Phi) is 2.43. The molecule has 3 rings (SSSR count). The van der Waals surface area contributed by atoms with E-state index in [1.165, 1.54) is 6.42 Å². The number of nitrogens with one attached hydrogen (secondary N) is 1. The van der Waals surface area contributed by atoms with E-state index in [0.29, 0.717) is 0 Å². The van der Waals surface area contributed by atoms with E-state index in [1.807, 2.05) is 0 Å². The number of carbonyl (C=O) groups excluding carboxylic acids is 1. The number of carbonyl (C=O) groups is 1. The van der Waals surface area contributed by atoms with Gasteiger partial charge in [-0.15, -0.1) is 0 Å². The van der Waals surface area contributed by atoms with Gasteiger partial charge < -0.3 is 10.1 Å². The summed E-state index contributed by atoms with van der Waals surface area (Å²) in [7, 11) is 0. The summed E-state index contributed by atoms with van der Waals surface area (Å²) in [5.74, 6) is 1.78. The van der Waals surface area contributed by atoms with Crippen LogP contribution in [0.15, 0.2) is 0 Å². The fraction of sp³-hybridized carbons (Fsp3) is 0.917. The SMILES string of the molecule is O=C(OC1CCC1)C1CC2CNCC2C1. The predicted octanol–water partition coefficient (Wildman–Crippen LogP) is 1.33. The minimum Gasteiger partial charge on any atom is -0.462 e. The van der Waals surface area contributed by atoms with Gasteiger partial charge in [0.25, 0.3) is 0 Å². The van der Waals surface area contributed by atoms with Crippen LogP contribution in [0.25, 0.3) is 0 Å². The maximum Gasteiger partial charge on any atom is 0.309 e. The van der Waals surface area contributed by atoms with Gasteiger partial charge in [0.1, 0.15) is 6.10 Å². The molecule has 2 saturated carbocycles. The molecule has 0 spiro atoms. The second kappa shape index (κ2) is 3.78. The van der Waals surface area contributed by atoms with E-state index >= 15 is 0 Å². The third kappa shape index (κ3) is 1.78. The van der Waals surface area contributed by atoms with Gasteiger partial charge in [-0.1, -0.05) is 0 Å². The third-order valence-electron chi connectivity index (χ3n) is 4.32. The van der Waals surface area contributed by atoms with Crippen LogP contribution in [0.1, 0.15) is 32.1 Å². The van der Waals surface area contributed by atoms with Crippen molar-refractivity contribution in [3.8, 4) is 0 Å². The number of hydrogen-bond acceptors (Lipinski definition) is 3. The molecule has 1 heterocycles. The first-order chi connectivity index (χ1) is 7.33. The summed E-state index contributed by atoms with van der Waals surface area (Å²) in [4.78, 5) is 11.8. The first-order valence-electron chi connectivity index (χ1n) is 6.24. The van der Waals surface area contributed by atoms with Gasteiger partial charge in [-0.25, -0.2) is 0 Å². The monoisotopic (exact) mass is 209 g/mol. The van der Waals surface area contributed by atoms with Gasteiger partial charge >= 0.3 is 5.97 Å². The Morgan fingerprint density at radius 1 is 1.13 bits per heavy atom. The van der Waals surface area contributed by atoms with Crippen LogP contribution in [-0.2, 0) is 9.53 Å². The maximum atomic E-state index is 11.8. The Labute approximate surface area is 90.6 Å². The highest BCUT2D eigenvalue weighted by Gasteiger charge is 2.41. The van der Waals surface area contributed by atoms with E-state index in [1.54, 1.807) is 0 Å². The topological polar surface area (TPSA) is 38.3 Å². The van der Waals surface area contributed by atoms with Crippen LogP contribution < -0.4 is 5.32 Å². The Hall–Kier alpha value is -0.570. The maximum absolute atomic E-state index is 11.8. The third-order valence-corrected chi connectivity index (χ3v) is 4.32. The fourth-order valence-corrected chi connectivity index (χ4v) is 3.11. The summed E-state index contributed by atoms with van der Waals surface area (Å²) in [6.07, 6.45) is 5.79. The summed E-state index contributed by atoms with van der Waals surface area (Å²) in [6, 6.07) is 0. The molecule has 15 heavy (non-hydrogen) atoms. The van der Waals surface area contributed by atoms with E-state index in [9.17, 15) is 4.79 Å². The normalized spacial score (nSPS) is 39.9. The molecule has 1 aliphatic heterocycles. The molecule has 1 saturated heterocycles. The van der Waals surface area contributed by atoms with Crippen molar-refractivity contribution in [2.24, 2.45) is 17.8 Å². The van der Waals surface area contributed by atoms with Crippen LogP contribution in [0.5, 0.6) is 0 Å². The van der Waals surface area contributed by atoms with Crippen molar-refractivity contribution in [2.45, 2.75) is 38.2 Å². The molecule has 0 aromatic rings. The summed E-state index contributed by atoms with van der Waals surface area (Å²) in [6.45, 7) is 2.22. The molecule has 84 valence electrons. The second-order valence-corrected chi connectivity index (χ2v) is 5.34. The van der Waals surface area contributed by atoms with Crippen molar-refractivity contribution in [1.82, 2.24) is 5.32 Å². The van der Waals surface area contributed by atoms with Crippen LogP contribution in [0.3, 0.4) is 0 Å². The first kappa shape index (κ1) is 9.64. The molecule has 2 aliphatic carbocycles. The van der Waals surface area contributed by atoms with Crippen LogP contribution in [-0.4, -0.2) is 25.2 Å². The first-order valence-corrected chi connectivity index (χ1v) is 6.24.